The van der Waals surface area contributed by atoms with Gasteiger partial charge < -0.3 is 15.0 Å². The lowest BCUT2D eigenvalue weighted by Gasteiger charge is -2.44. The molecule has 2 aliphatic rings. The summed E-state index contributed by atoms with van der Waals surface area (Å²) in [7, 11) is 0. The molecular weight excluding hydrogens is 499 g/mol. The fraction of sp³-hybridized carbons (Fsp3) is 0.333. The maximum atomic E-state index is 13.8. The van der Waals surface area contributed by atoms with E-state index in [-0.39, 0.29) is 30.5 Å². The Morgan fingerprint density at radius 2 is 1.64 bits per heavy atom. The standard InChI is InChI=1S/C30H31FN4O4/c1-2-21-6-8-22(9-7-21)28(37)34-17-14-30(15-18-34)35(29(38)23-10-12-24(31)13-11-23)26(20-39-30)27(36)33-19-25-5-3-4-16-32-25/h3-13,16,26H,2,14-15,17-20H2,1H3,(H,33,36). The number of halogens is 1. The maximum Gasteiger partial charge on any atom is 0.256 e. The van der Waals surface area contributed by atoms with E-state index in [4.69, 9.17) is 4.74 Å². The molecule has 202 valence electrons. The summed E-state index contributed by atoms with van der Waals surface area (Å²) in [6.07, 6.45) is 3.24. The van der Waals surface area contributed by atoms with E-state index in [2.05, 4.69) is 17.2 Å². The summed E-state index contributed by atoms with van der Waals surface area (Å²) in [5.74, 6) is -1.31. The molecule has 0 radical (unpaired) electrons. The molecular formula is C30H31FN4O4. The van der Waals surface area contributed by atoms with E-state index < -0.39 is 23.5 Å². The van der Waals surface area contributed by atoms with Gasteiger partial charge in [-0.15, -0.1) is 0 Å². The molecule has 3 amide bonds. The summed E-state index contributed by atoms with van der Waals surface area (Å²) in [5, 5.41) is 2.87. The topological polar surface area (TPSA) is 91.8 Å². The first-order valence-electron chi connectivity index (χ1n) is 13.2. The lowest BCUT2D eigenvalue weighted by atomic mass is 9.96. The van der Waals surface area contributed by atoms with Crippen LogP contribution in [0.25, 0.3) is 0 Å². The summed E-state index contributed by atoms with van der Waals surface area (Å²) in [6.45, 7) is 3.02. The van der Waals surface area contributed by atoms with Crippen molar-refractivity contribution in [3.05, 3.63) is 101 Å². The van der Waals surface area contributed by atoms with Crippen LogP contribution in [0.1, 0.15) is 51.7 Å². The zero-order valence-electron chi connectivity index (χ0n) is 21.8. The average Bonchev–Trinajstić information content (AvgIpc) is 3.35. The van der Waals surface area contributed by atoms with Crippen LogP contribution in [0.4, 0.5) is 4.39 Å². The molecule has 2 aromatic carbocycles. The molecule has 1 atom stereocenters. The molecule has 0 aliphatic carbocycles. The largest absolute Gasteiger partial charge is 0.353 e. The van der Waals surface area contributed by atoms with Crippen molar-refractivity contribution >= 4 is 17.7 Å². The smallest absolute Gasteiger partial charge is 0.256 e. The summed E-state index contributed by atoms with van der Waals surface area (Å²) >= 11 is 0. The SMILES string of the molecule is CCc1ccc(C(=O)N2CCC3(CC2)OCC(C(=O)NCc2ccccn2)N3C(=O)c2ccc(F)cc2)cc1. The van der Waals surface area contributed by atoms with Crippen LogP contribution in [0.3, 0.4) is 0 Å². The number of rotatable bonds is 6. The van der Waals surface area contributed by atoms with Crippen molar-refractivity contribution in [3.8, 4) is 0 Å². The predicted octanol–water partition coefficient (Wildman–Crippen LogP) is 3.57. The van der Waals surface area contributed by atoms with Gasteiger partial charge in [-0.25, -0.2) is 4.39 Å². The highest BCUT2D eigenvalue weighted by Gasteiger charge is 2.54. The second kappa shape index (κ2) is 11.3. The van der Waals surface area contributed by atoms with Crippen LogP contribution in [-0.2, 0) is 22.5 Å². The fourth-order valence-electron chi connectivity index (χ4n) is 5.22. The van der Waals surface area contributed by atoms with E-state index in [0.717, 1.165) is 12.0 Å². The number of carbonyl (C=O) groups excluding carboxylic acids is 3. The summed E-state index contributed by atoms with van der Waals surface area (Å²) in [4.78, 5) is 47.7. The van der Waals surface area contributed by atoms with Crippen molar-refractivity contribution in [2.75, 3.05) is 19.7 Å². The van der Waals surface area contributed by atoms with Crippen molar-refractivity contribution in [1.29, 1.82) is 0 Å². The third-order valence-corrected chi connectivity index (χ3v) is 7.48. The second-order valence-electron chi connectivity index (χ2n) is 9.84. The van der Waals surface area contributed by atoms with Gasteiger partial charge in [0.15, 0.2) is 0 Å². The Balaban J connectivity index is 1.34. The van der Waals surface area contributed by atoms with Crippen LogP contribution in [-0.4, -0.2) is 64.0 Å². The summed E-state index contributed by atoms with van der Waals surface area (Å²) in [6, 6.07) is 17.4. The maximum absolute atomic E-state index is 13.8. The van der Waals surface area contributed by atoms with E-state index in [1.165, 1.54) is 29.2 Å². The highest BCUT2D eigenvalue weighted by atomic mass is 19.1. The molecule has 9 heteroatoms. The lowest BCUT2D eigenvalue weighted by molar-refractivity contribution is -0.128. The fourth-order valence-corrected chi connectivity index (χ4v) is 5.22. The summed E-state index contributed by atoms with van der Waals surface area (Å²) < 4.78 is 19.8. The van der Waals surface area contributed by atoms with E-state index in [0.29, 0.717) is 37.2 Å². The number of aryl methyl sites for hydroxylation is 1. The molecule has 2 aliphatic heterocycles. The van der Waals surface area contributed by atoms with Gasteiger partial charge in [0.1, 0.15) is 17.6 Å². The van der Waals surface area contributed by atoms with Crippen LogP contribution in [0.15, 0.2) is 72.9 Å². The van der Waals surface area contributed by atoms with E-state index in [9.17, 15) is 18.8 Å². The average molecular weight is 531 g/mol. The van der Waals surface area contributed by atoms with E-state index >= 15 is 0 Å². The van der Waals surface area contributed by atoms with Crippen LogP contribution in [0, 0.1) is 5.82 Å². The normalized spacial score (nSPS) is 18.3. The van der Waals surface area contributed by atoms with Crippen LogP contribution >= 0.6 is 0 Å². The van der Waals surface area contributed by atoms with Crippen LogP contribution < -0.4 is 5.32 Å². The Bertz CT molecular complexity index is 1320. The van der Waals surface area contributed by atoms with Gasteiger partial charge in [-0.2, -0.15) is 0 Å². The van der Waals surface area contributed by atoms with E-state index in [1.54, 1.807) is 23.2 Å². The number of hydrogen-bond donors (Lipinski definition) is 1. The number of nitrogens with zero attached hydrogens (tertiary/aromatic N) is 3. The van der Waals surface area contributed by atoms with Gasteiger partial charge in [-0.1, -0.05) is 25.1 Å². The minimum atomic E-state index is -1.05. The number of benzene rings is 2. The molecule has 1 unspecified atom stereocenters. The molecule has 5 rings (SSSR count). The van der Waals surface area contributed by atoms with Gasteiger partial charge in [-0.05, 0) is 60.5 Å². The number of aromatic nitrogens is 1. The van der Waals surface area contributed by atoms with Gasteiger partial charge in [-0.3, -0.25) is 24.3 Å². The molecule has 1 N–H and O–H groups in total. The van der Waals surface area contributed by atoms with Crippen molar-refractivity contribution in [3.63, 3.8) is 0 Å². The number of pyridine rings is 1. The Kier molecular flexibility index (Phi) is 7.70. The van der Waals surface area contributed by atoms with Crippen molar-refractivity contribution < 1.29 is 23.5 Å². The number of piperidine rings is 1. The van der Waals surface area contributed by atoms with Gasteiger partial charge >= 0.3 is 0 Å². The summed E-state index contributed by atoms with van der Waals surface area (Å²) in [5.41, 5.74) is 1.67. The molecule has 3 heterocycles. The Hall–Kier alpha value is -4.11. The molecule has 1 spiro atoms. The number of ether oxygens (including phenoxy) is 1. The van der Waals surface area contributed by atoms with Crippen LogP contribution in [0.2, 0.25) is 0 Å². The molecule has 2 saturated heterocycles. The quantitative estimate of drug-likeness (QED) is 0.526. The number of amides is 3. The third kappa shape index (κ3) is 5.54. The van der Waals surface area contributed by atoms with Gasteiger partial charge in [0, 0.05) is 43.3 Å². The molecule has 39 heavy (non-hydrogen) atoms. The molecule has 0 bridgehead atoms. The molecule has 8 nitrogen and oxygen atoms in total. The van der Waals surface area contributed by atoms with Crippen molar-refractivity contribution in [2.45, 2.75) is 44.5 Å². The van der Waals surface area contributed by atoms with Gasteiger partial charge in [0.25, 0.3) is 11.8 Å². The number of hydrogen-bond acceptors (Lipinski definition) is 5. The number of nitrogens with one attached hydrogen (secondary N) is 1. The zero-order chi connectivity index (χ0) is 27.4. The minimum Gasteiger partial charge on any atom is -0.353 e. The van der Waals surface area contributed by atoms with Crippen molar-refractivity contribution in [2.24, 2.45) is 0 Å². The number of likely N-dealkylation sites (tertiary alicyclic amines) is 1. The number of carbonyl (C=O) groups is 3. The molecule has 3 aromatic rings. The van der Waals surface area contributed by atoms with Gasteiger partial charge in [0.05, 0.1) is 18.8 Å². The Morgan fingerprint density at radius 1 is 0.974 bits per heavy atom. The monoisotopic (exact) mass is 530 g/mol. The zero-order valence-corrected chi connectivity index (χ0v) is 21.8. The van der Waals surface area contributed by atoms with E-state index in [1.807, 2.05) is 30.3 Å². The van der Waals surface area contributed by atoms with Gasteiger partial charge in [0.2, 0.25) is 5.91 Å². The van der Waals surface area contributed by atoms with Crippen LogP contribution in [0.5, 0.6) is 0 Å². The predicted molar refractivity (Wildman–Crippen MR) is 142 cm³/mol. The molecule has 1 aromatic heterocycles. The highest BCUT2D eigenvalue weighted by Crippen LogP contribution is 2.39. The minimum absolute atomic E-state index is 0.0212. The third-order valence-electron chi connectivity index (χ3n) is 7.48. The second-order valence-corrected chi connectivity index (χ2v) is 9.84. The lowest BCUT2D eigenvalue weighted by Crippen LogP contribution is -2.59. The Morgan fingerprint density at radius 3 is 2.28 bits per heavy atom. The van der Waals surface area contributed by atoms with Crippen molar-refractivity contribution in [1.82, 2.24) is 20.1 Å². The molecule has 2 fully saturated rings. The first-order valence-corrected chi connectivity index (χ1v) is 13.2. The Labute approximate surface area is 226 Å². The highest BCUT2D eigenvalue weighted by molar-refractivity contribution is 5.98. The first kappa shape index (κ1) is 26.5. The first-order chi connectivity index (χ1) is 18.9. The molecule has 0 saturated carbocycles.